The van der Waals surface area contributed by atoms with Crippen molar-refractivity contribution in [2.45, 2.75) is 31.8 Å². The second-order valence-electron chi connectivity index (χ2n) is 9.45. The first kappa shape index (κ1) is 21.0. The SMILES string of the molecule is CC(C)(C)c1cc(C2(c3ccc(-c4ccccc4)cc3)N=CN=N2)ccc1-c1ccccc1. The molecular formula is C30H27N3. The van der Waals surface area contributed by atoms with E-state index in [0.29, 0.717) is 0 Å². The van der Waals surface area contributed by atoms with Gasteiger partial charge in [-0.1, -0.05) is 118 Å². The van der Waals surface area contributed by atoms with Crippen LogP contribution in [0.25, 0.3) is 22.3 Å². The van der Waals surface area contributed by atoms with E-state index in [1.54, 1.807) is 6.34 Å². The first-order valence-corrected chi connectivity index (χ1v) is 11.3. The van der Waals surface area contributed by atoms with Gasteiger partial charge in [-0.3, -0.25) is 0 Å². The maximum absolute atomic E-state index is 4.78. The zero-order chi connectivity index (χ0) is 22.9. The van der Waals surface area contributed by atoms with Crippen molar-refractivity contribution in [2.24, 2.45) is 15.2 Å². The lowest BCUT2D eigenvalue weighted by Crippen LogP contribution is -2.22. The van der Waals surface area contributed by atoms with Gasteiger partial charge in [-0.15, -0.1) is 10.2 Å². The van der Waals surface area contributed by atoms with Gasteiger partial charge >= 0.3 is 0 Å². The zero-order valence-corrected chi connectivity index (χ0v) is 19.2. The largest absolute Gasteiger partial charge is 0.231 e. The Balaban J connectivity index is 1.62. The van der Waals surface area contributed by atoms with Crippen LogP contribution in [-0.4, -0.2) is 6.34 Å². The quantitative estimate of drug-likeness (QED) is 0.315. The van der Waals surface area contributed by atoms with Crippen LogP contribution in [0, 0.1) is 0 Å². The molecule has 0 aromatic heterocycles. The summed E-state index contributed by atoms with van der Waals surface area (Å²) in [4.78, 5) is 4.78. The van der Waals surface area contributed by atoms with E-state index >= 15 is 0 Å². The maximum Gasteiger partial charge on any atom is 0.223 e. The Morgan fingerprint density at radius 3 is 1.76 bits per heavy atom. The lowest BCUT2D eigenvalue weighted by molar-refractivity contribution is 0.559. The summed E-state index contributed by atoms with van der Waals surface area (Å²) in [6, 6.07) is 36.1. The van der Waals surface area contributed by atoms with Gasteiger partial charge < -0.3 is 0 Å². The molecule has 5 rings (SSSR count). The Kier molecular flexibility index (Phi) is 5.26. The van der Waals surface area contributed by atoms with Gasteiger partial charge in [0.1, 0.15) is 6.34 Å². The van der Waals surface area contributed by atoms with Gasteiger partial charge in [0, 0.05) is 11.1 Å². The van der Waals surface area contributed by atoms with E-state index in [1.807, 2.05) is 6.07 Å². The summed E-state index contributed by atoms with van der Waals surface area (Å²) >= 11 is 0. The Morgan fingerprint density at radius 1 is 0.606 bits per heavy atom. The Morgan fingerprint density at radius 2 is 1.18 bits per heavy atom. The van der Waals surface area contributed by atoms with Gasteiger partial charge in [0.2, 0.25) is 5.66 Å². The van der Waals surface area contributed by atoms with Gasteiger partial charge in [0.15, 0.2) is 0 Å². The fraction of sp³-hybridized carbons (Fsp3) is 0.167. The van der Waals surface area contributed by atoms with Crippen molar-refractivity contribution in [1.29, 1.82) is 0 Å². The van der Waals surface area contributed by atoms with E-state index < -0.39 is 5.66 Å². The van der Waals surface area contributed by atoms with Crippen LogP contribution in [0.5, 0.6) is 0 Å². The molecule has 0 saturated carbocycles. The Labute approximate surface area is 195 Å². The molecule has 0 saturated heterocycles. The van der Waals surface area contributed by atoms with Gasteiger partial charge in [0.05, 0.1) is 0 Å². The highest BCUT2D eigenvalue weighted by Crippen LogP contribution is 2.42. The third-order valence-electron chi connectivity index (χ3n) is 6.21. The van der Waals surface area contributed by atoms with E-state index in [-0.39, 0.29) is 5.41 Å². The number of hydrogen-bond acceptors (Lipinski definition) is 3. The van der Waals surface area contributed by atoms with Crippen molar-refractivity contribution in [3.63, 3.8) is 0 Å². The van der Waals surface area contributed by atoms with Gasteiger partial charge in [-0.2, -0.15) is 0 Å². The van der Waals surface area contributed by atoms with Crippen LogP contribution in [0.15, 0.2) is 118 Å². The minimum absolute atomic E-state index is 0.0427. The average Bonchev–Trinajstić information content (AvgIpc) is 3.36. The molecule has 4 aromatic rings. The molecule has 0 fully saturated rings. The highest BCUT2D eigenvalue weighted by atomic mass is 15.3. The molecule has 1 heterocycles. The van der Waals surface area contributed by atoms with E-state index in [2.05, 4.69) is 128 Å². The molecule has 1 atom stereocenters. The number of aliphatic imine (C=N–C) groups is 1. The molecule has 0 radical (unpaired) electrons. The van der Waals surface area contributed by atoms with Crippen LogP contribution in [0.1, 0.15) is 37.5 Å². The Bertz CT molecular complexity index is 1300. The van der Waals surface area contributed by atoms with Crippen LogP contribution < -0.4 is 0 Å². The monoisotopic (exact) mass is 429 g/mol. The Hall–Kier alpha value is -3.85. The van der Waals surface area contributed by atoms with Crippen molar-refractivity contribution < 1.29 is 0 Å². The van der Waals surface area contributed by atoms with Crippen LogP contribution in [0.4, 0.5) is 0 Å². The molecule has 0 amide bonds. The molecule has 1 unspecified atom stereocenters. The zero-order valence-electron chi connectivity index (χ0n) is 19.2. The van der Waals surface area contributed by atoms with Crippen molar-refractivity contribution in [3.8, 4) is 22.3 Å². The summed E-state index contributed by atoms with van der Waals surface area (Å²) in [6.07, 6.45) is 1.56. The summed E-state index contributed by atoms with van der Waals surface area (Å²) in [5.41, 5.74) is 7.21. The minimum atomic E-state index is -0.857. The highest BCUT2D eigenvalue weighted by Gasteiger charge is 2.37. The lowest BCUT2D eigenvalue weighted by atomic mass is 9.79. The summed E-state index contributed by atoms with van der Waals surface area (Å²) in [5.74, 6) is 0. The predicted molar refractivity (Wildman–Crippen MR) is 137 cm³/mol. The minimum Gasteiger partial charge on any atom is -0.231 e. The number of azo groups is 1. The average molecular weight is 430 g/mol. The summed E-state index contributed by atoms with van der Waals surface area (Å²) in [6.45, 7) is 6.75. The fourth-order valence-electron chi connectivity index (χ4n) is 4.45. The fourth-order valence-corrected chi connectivity index (χ4v) is 4.45. The van der Waals surface area contributed by atoms with E-state index in [4.69, 9.17) is 4.99 Å². The standard InChI is InChI=1S/C30H27N3/c1-29(2,3)28-20-26(18-19-27(28)24-12-8-5-9-13-24)30(31-21-32-33-30)25-16-14-23(15-17-25)22-10-6-4-7-11-22/h4-21H,1-3H3. The van der Waals surface area contributed by atoms with Gasteiger partial charge in [-0.05, 0) is 39.3 Å². The van der Waals surface area contributed by atoms with Crippen molar-refractivity contribution >= 4 is 6.34 Å². The van der Waals surface area contributed by atoms with Crippen molar-refractivity contribution in [1.82, 2.24) is 0 Å². The molecule has 0 aliphatic carbocycles. The molecular weight excluding hydrogens is 402 g/mol. The highest BCUT2D eigenvalue weighted by molar-refractivity contribution is 5.71. The number of rotatable bonds is 4. The predicted octanol–water partition coefficient (Wildman–Crippen LogP) is 8.01. The normalized spacial score (nSPS) is 17.4. The molecule has 0 spiro atoms. The molecule has 33 heavy (non-hydrogen) atoms. The molecule has 4 aromatic carbocycles. The van der Waals surface area contributed by atoms with Crippen molar-refractivity contribution in [2.75, 3.05) is 0 Å². The number of hydrogen-bond donors (Lipinski definition) is 0. The van der Waals surface area contributed by atoms with E-state index in [1.165, 1.54) is 27.8 Å². The van der Waals surface area contributed by atoms with Crippen LogP contribution in [0.2, 0.25) is 0 Å². The lowest BCUT2D eigenvalue weighted by Gasteiger charge is -2.28. The van der Waals surface area contributed by atoms with Crippen molar-refractivity contribution in [3.05, 3.63) is 120 Å². The molecule has 162 valence electrons. The summed E-state index contributed by atoms with van der Waals surface area (Å²) in [5, 5.41) is 8.81. The van der Waals surface area contributed by atoms with Crippen LogP contribution >= 0.6 is 0 Å². The molecule has 3 nitrogen and oxygen atoms in total. The molecule has 0 bridgehead atoms. The third-order valence-corrected chi connectivity index (χ3v) is 6.21. The molecule has 1 aliphatic heterocycles. The second-order valence-corrected chi connectivity index (χ2v) is 9.45. The molecule has 1 aliphatic rings. The van der Waals surface area contributed by atoms with Gasteiger partial charge in [-0.25, -0.2) is 4.99 Å². The van der Waals surface area contributed by atoms with Crippen LogP contribution in [0.3, 0.4) is 0 Å². The maximum atomic E-state index is 4.78. The van der Waals surface area contributed by atoms with Gasteiger partial charge in [0.25, 0.3) is 0 Å². The smallest absolute Gasteiger partial charge is 0.223 e. The summed E-state index contributed by atoms with van der Waals surface area (Å²) < 4.78 is 0. The topological polar surface area (TPSA) is 37.1 Å². The number of benzene rings is 4. The van der Waals surface area contributed by atoms with E-state index in [0.717, 1.165) is 11.1 Å². The first-order chi connectivity index (χ1) is 16.0. The third kappa shape index (κ3) is 3.91. The van der Waals surface area contributed by atoms with E-state index in [9.17, 15) is 0 Å². The van der Waals surface area contributed by atoms with Crippen LogP contribution in [-0.2, 0) is 11.1 Å². The number of nitrogens with zero attached hydrogens (tertiary/aromatic N) is 3. The first-order valence-electron chi connectivity index (χ1n) is 11.3. The molecule has 3 heteroatoms. The summed E-state index contributed by atoms with van der Waals surface area (Å²) in [7, 11) is 0. The molecule has 0 N–H and O–H groups in total. The second kappa shape index (κ2) is 8.25.